The molecule has 0 fully saturated rings. The summed E-state index contributed by atoms with van der Waals surface area (Å²) in [5, 5.41) is 0. The Hall–Kier alpha value is -1.16. The number of aromatic nitrogens is 2. The number of halogens is 1. The van der Waals surface area contributed by atoms with Crippen molar-refractivity contribution >= 4 is 27.9 Å². The second kappa shape index (κ2) is 4.01. The molecule has 0 unspecified atom stereocenters. The van der Waals surface area contributed by atoms with Crippen molar-refractivity contribution in [2.45, 2.75) is 26.7 Å². The van der Waals surface area contributed by atoms with Gasteiger partial charge in [-0.2, -0.15) is 0 Å². The molecule has 0 amide bonds. The van der Waals surface area contributed by atoms with Crippen LogP contribution in [0.2, 0.25) is 0 Å². The lowest BCUT2D eigenvalue weighted by Gasteiger charge is -2.01. The Labute approximate surface area is 103 Å². The van der Waals surface area contributed by atoms with E-state index in [1.807, 2.05) is 37.4 Å². The van der Waals surface area contributed by atoms with Gasteiger partial charge < -0.3 is 0 Å². The highest BCUT2D eigenvalue weighted by Gasteiger charge is 2.15. The third-order valence-corrected chi connectivity index (χ3v) is 3.03. The maximum atomic E-state index is 11.2. The Kier molecular flexibility index (Phi) is 2.84. The minimum absolute atomic E-state index is 0.248. The number of rotatable bonds is 2. The van der Waals surface area contributed by atoms with Gasteiger partial charge in [-0.05, 0) is 40.4 Å². The first-order chi connectivity index (χ1) is 7.54. The molecule has 0 spiro atoms. The van der Waals surface area contributed by atoms with Crippen LogP contribution in [0.15, 0.2) is 16.7 Å². The van der Waals surface area contributed by atoms with Crippen LogP contribution in [0, 0.1) is 6.92 Å². The van der Waals surface area contributed by atoms with E-state index in [2.05, 4.69) is 20.9 Å². The maximum Gasteiger partial charge on any atom is 0.168 e. The highest BCUT2D eigenvalue weighted by atomic mass is 79.9. The number of aryl methyl sites for hydroxylation is 1. The smallest absolute Gasteiger partial charge is 0.168 e. The molecular weight excluding hydrogens is 268 g/mol. The van der Waals surface area contributed by atoms with Gasteiger partial charge in [-0.3, -0.25) is 9.20 Å². The molecule has 0 aliphatic carbocycles. The molecule has 4 heteroatoms. The molecule has 0 aliphatic rings. The van der Waals surface area contributed by atoms with Gasteiger partial charge in [-0.1, -0.05) is 13.8 Å². The summed E-state index contributed by atoms with van der Waals surface area (Å²) in [6, 6.07) is 2.00. The molecule has 3 nitrogen and oxygen atoms in total. The summed E-state index contributed by atoms with van der Waals surface area (Å²) >= 11 is 3.43. The zero-order valence-corrected chi connectivity index (χ0v) is 11.1. The molecule has 16 heavy (non-hydrogen) atoms. The summed E-state index contributed by atoms with van der Waals surface area (Å²) in [6.45, 7) is 6.07. The number of pyridine rings is 1. The van der Waals surface area contributed by atoms with Gasteiger partial charge in [0.2, 0.25) is 0 Å². The predicted octanol–water partition coefficient (Wildman–Crippen LogP) is 3.34. The monoisotopic (exact) mass is 280 g/mol. The van der Waals surface area contributed by atoms with E-state index in [9.17, 15) is 4.79 Å². The first-order valence-corrected chi connectivity index (χ1v) is 5.97. The molecule has 0 saturated carbocycles. The maximum absolute atomic E-state index is 11.2. The summed E-state index contributed by atoms with van der Waals surface area (Å²) in [5.41, 5.74) is 3.42. The predicted molar refractivity (Wildman–Crippen MR) is 67.1 cm³/mol. The van der Waals surface area contributed by atoms with Crippen LogP contribution >= 0.6 is 15.9 Å². The van der Waals surface area contributed by atoms with Crippen molar-refractivity contribution in [2.75, 3.05) is 0 Å². The van der Waals surface area contributed by atoms with Crippen LogP contribution in [-0.4, -0.2) is 15.7 Å². The highest BCUT2D eigenvalue weighted by molar-refractivity contribution is 9.10. The average Bonchev–Trinajstić information content (AvgIpc) is 2.56. The molecule has 2 aromatic heterocycles. The number of carbonyl (C=O) groups excluding carboxylic acids is 1. The number of carbonyl (C=O) groups is 1. The largest absolute Gasteiger partial charge is 0.296 e. The standard InChI is InChI=1S/C12H13BrN2O/c1-7(2)11-10(6-16)15-5-9(13)4-8(3)12(15)14-11/h4-7H,1-3H3. The lowest BCUT2D eigenvalue weighted by molar-refractivity contribution is 0.111. The second-order valence-corrected chi connectivity index (χ2v) is 5.11. The molecule has 0 N–H and O–H groups in total. The third-order valence-electron chi connectivity index (χ3n) is 2.59. The van der Waals surface area contributed by atoms with Crippen LogP contribution in [0.5, 0.6) is 0 Å². The van der Waals surface area contributed by atoms with E-state index in [1.165, 1.54) is 0 Å². The highest BCUT2D eigenvalue weighted by Crippen LogP contribution is 2.23. The van der Waals surface area contributed by atoms with Crippen molar-refractivity contribution in [1.82, 2.24) is 9.38 Å². The van der Waals surface area contributed by atoms with Crippen LogP contribution in [0.3, 0.4) is 0 Å². The van der Waals surface area contributed by atoms with Gasteiger partial charge in [0.1, 0.15) is 11.3 Å². The summed E-state index contributed by atoms with van der Waals surface area (Å²) in [7, 11) is 0. The minimum Gasteiger partial charge on any atom is -0.296 e. The Bertz CT molecular complexity index is 558. The zero-order chi connectivity index (χ0) is 11.9. The van der Waals surface area contributed by atoms with Crippen LogP contribution < -0.4 is 0 Å². The molecule has 0 saturated heterocycles. The minimum atomic E-state index is 0.248. The molecule has 0 aromatic carbocycles. The molecule has 0 aliphatic heterocycles. The first kappa shape index (κ1) is 11.3. The number of fused-ring (bicyclic) bond motifs is 1. The van der Waals surface area contributed by atoms with E-state index < -0.39 is 0 Å². The summed E-state index contributed by atoms with van der Waals surface area (Å²) in [6.07, 6.45) is 2.76. The van der Waals surface area contributed by atoms with Gasteiger partial charge in [0, 0.05) is 10.7 Å². The van der Waals surface area contributed by atoms with E-state index >= 15 is 0 Å². The zero-order valence-electron chi connectivity index (χ0n) is 9.49. The molecule has 0 radical (unpaired) electrons. The van der Waals surface area contributed by atoms with E-state index in [0.29, 0.717) is 5.69 Å². The Balaban J connectivity index is 2.87. The van der Waals surface area contributed by atoms with Crippen molar-refractivity contribution in [3.63, 3.8) is 0 Å². The fourth-order valence-electron chi connectivity index (χ4n) is 1.85. The van der Waals surface area contributed by atoms with Crippen molar-refractivity contribution in [1.29, 1.82) is 0 Å². The van der Waals surface area contributed by atoms with E-state index in [1.54, 1.807) is 0 Å². The molecule has 0 bridgehead atoms. The Morgan fingerprint density at radius 3 is 2.75 bits per heavy atom. The second-order valence-electron chi connectivity index (χ2n) is 4.19. The van der Waals surface area contributed by atoms with Gasteiger partial charge in [0.05, 0.1) is 5.69 Å². The van der Waals surface area contributed by atoms with Gasteiger partial charge in [0.25, 0.3) is 0 Å². The van der Waals surface area contributed by atoms with Gasteiger partial charge in [-0.15, -0.1) is 0 Å². The van der Waals surface area contributed by atoms with Crippen molar-refractivity contribution < 1.29 is 4.79 Å². The SMILES string of the molecule is Cc1cc(Br)cn2c(C=O)c(C(C)C)nc12. The normalized spacial score (nSPS) is 11.3. The average molecular weight is 281 g/mol. The number of hydrogen-bond acceptors (Lipinski definition) is 2. The molecule has 2 heterocycles. The van der Waals surface area contributed by atoms with Gasteiger partial charge in [-0.25, -0.2) is 4.98 Å². The van der Waals surface area contributed by atoms with Gasteiger partial charge >= 0.3 is 0 Å². The van der Waals surface area contributed by atoms with E-state index in [0.717, 1.165) is 27.7 Å². The van der Waals surface area contributed by atoms with Crippen molar-refractivity contribution in [2.24, 2.45) is 0 Å². The van der Waals surface area contributed by atoms with Crippen molar-refractivity contribution in [3.8, 4) is 0 Å². The number of imidazole rings is 1. The van der Waals surface area contributed by atoms with Crippen LogP contribution in [0.4, 0.5) is 0 Å². The van der Waals surface area contributed by atoms with Crippen LogP contribution in [0.1, 0.15) is 41.5 Å². The van der Waals surface area contributed by atoms with Gasteiger partial charge in [0.15, 0.2) is 6.29 Å². The molecule has 84 valence electrons. The molecular formula is C12H13BrN2O. The lowest BCUT2D eigenvalue weighted by Crippen LogP contribution is -1.97. The molecule has 2 aromatic rings. The van der Waals surface area contributed by atoms with E-state index in [4.69, 9.17) is 0 Å². The lowest BCUT2D eigenvalue weighted by atomic mass is 10.1. The quantitative estimate of drug-likeness (QED) is 0.791. The Morgan fingerprint density at radius 2 is 2.19 bits per heavy atom. The molecule has 0 atom stereocenters. The van der Waals surface area contributed by atoms with Crippen molar-refractivity contribution in [3.05, 3.63) is 33.7 Å². The number of nitrogens with zero attached hydrogens (tertiary/aromatic N) is 2. The summed E-state index contributed by atoms with van der Waals surface area (Å²) in [4.78, 5) is 15.7. The number of hydrogen-bond donors (Lipinski definition) is 0. The fraction of sp³-hybridized carbons (Fsp3) is 0.333. The fourth-order valence-corrected chi connectivity index (χ4v) is 2.39. The van der Waals surface area contributed by atoms with Crippen LogP contribution in [0.25, 0.3) is 5.65 Å². The molecule has 2 rings (SSSR count). The Morgan fingerprint density at radius 1 is 1.50 bits per heavy atom. The topological polar surface area (TPSA) is 34.4 Å². The summed E-state index contributed by atoms with van der Waals surface area (Å²) < 4.78 is 2.80. The van der Waals surface area contributed by atoms with Crippen LogP contribution in [-0.2, 0) is 0 Å². The number of aldehydes is 1. The first-order valence-electron chi connectivity index (χ1n) is 5.18. The van der Waals surface area contributed by atoms with E-state index in [-0.39, 0.29) is 5.92 Å². The summed E-state index contributed by atoms with van der Waals surface area (Å²) in [5.74, 6) is 0.248. The third kappa shape index (κ3) is 1.67.